The lowest BCUT2D eigenvalue weighted by atomic mass is 10.0. The van der Waals surface area contributed by atoms with Gasteiger partial charge in [0.2, 0.25) is 0 Å². The molecule has 1 saturated carbocycles. The molecule has 0 aliphatic heterocycles. The number of thiazole rings is 1. The summed E-state index contributed by atoms with van der Waals surface area (Å²) >= 11 is 1.80. The molecule has 0 amide bonds. The Bertz CT molecular complexity index is 369. The largest absolute Gasteiger partial charge is 0.368 e. The van der Waals surface area contributed by atoms with Gasteiger partial charge in [-0.15, -0.1) is 11.3 Å². The molecule has 0 atom stereocenters. The minimum atomic E-state index is -0.0863. The Hall–Kier alpha value is -0.450. The smallest absolute Gasteiger partial charge is 0.125 e. The van der Waals surface area contributed by atoms with E-state index in [9.17, 15) is 0 Å². The van der Waals surface area contributed by atoms with Crippen molar-refractivity contribution in [1.29, 1.82) is 0 Å². The highest BCUT2D eigenvalue weighted by Crippen LogP contribution is 2.44. The van der Waals surface area contributed by atoms with E-state index in [1.807, 2.05) is 0 Å². The molecule has 0 aromatic carbocycles. The van der Waals surface area contributed by atoms with E-state index >= 15 is 0 Å². The Morgan fingerprint density at radius 3 is 2.71 bits per heavy atom. The third-order valence-corrected chi connectivity index (χ3v) is 4.89. The van der Waals surface area contributed by atoms with Gasteiger partial charge in [0, 0.05) is 11.5 Å². The standard InChI is InChI=1S/C13H22N2OS/c1-3-16-13(7-4-5-8-13)12-15-10(2)11(17-12)6-9-14/h3-9,14H2,1-2H3. The van der Waals surface area contributed by atoms with Crippen molar-refractivity contribution < 1.29 is 4.74 Å². The van der Waals surface area contributed by atoms with Crippen molar-refractivity contribution in [1.82, 2.24) is 4.98 Å². The van der Waals surface area contributed by atoms with E-state index in [4.69, 9.17) is 15.5 Å². The van der Waals surface area contributed by atoms with Gasteiger partial charge in [0.25, 0.3) is 0 Å². The summed E-state index contributed by atoms with van der Waals surface area (Å²) in [5.74, 6) is 0. The Morgan fingerprint density at radius 1 is 1.41 bits per heavy atom. The summed E-state index contributed by atoms with van der Waals surface area (Å²) in [6.07, 6.45) is 5.69. The maximum absolute atomic E-state index is 6.04. The molecule has 0 bridgehead atoms. The summed E-state index contributed by atoms with van der Waals surface area (Å²) in [4.78, 5) is 6.07. The minimum absolute atomic E-state index is 0.0863. The lowest BCUT2D eigenvalue weighted by Gasteiger charge is -2.26. The van der Waals surface area contributed by atoms with Crippen LogP contribution in [0, 0.1) is 6.92 Å². The van der Waals surface area contributed by atoms with Crippen LogP contribution in [0.5, 0.6) is 0 Å². The molecule has 0 unspecified atom stereocenters. The number of ether oxygens (including phenoxy) is 1. The number of nitrogens with two attached hydrogens (primary N) is 1. The first-order valence-electron chi connectivity index (χ1n) is 6.52. The van der Waals surface area contributed by atoms with Gasteiger partial charge in [-0.3, -0.25) is 0 Å². The number of aryl methyl sites for hydroxylation is 1. The highest BCUT2D eigenvalue weighted by atomic mass is 32.1. The lowest BCUT2D eigenvalue weighted by Crippen LogP contribution is -2.25. The lowest BCUT2D eigenvalue weighted by molar-refractivity contribution is -0.0391. The quantitative estimate of drug-likeness (QED) is 0.879. The highest BCUT2D eigenvalue weighted by molar-refractivity contribution is 7.11. The molecule has 1 aromatic rings. The number of nitrogens with zero attached hydrogens (tertiary/aromatic N) is 1. The number of aromatic nitrogens is 1. The third kappa shape index (κ3) is 2.54. The molecule has 1 heterocycles. The van der Waals surface area contributed by atoms with Crippen LogP contribution in [-0.2, 0) is 16.8 Å². The van der Waals surface area contributed by atoms with Gasteiger partial charge in [-0.05, 0) is 39.7 Å². The van der Waals surface area contributed by atoms with E-state index in [-0.39, 0.29) is 5.60 Å². The van der Waals surface area contributed by atoms with Gasteiger partial charge >= 0.3 is 0 Å². The number of hydrogen-bond acceptors (Lipinski definition) is 4. The summed E-state index contributed by atoms with van der Waals surface area (Å²) in [5, 5.41) is 1.18. The van der Waals surface area contributed by atoms with Crippen molar-refractivity contribution in [2.75, 3.05) is 13.2 Å². The van der Waals surface area contributed by atoms with Gasteiger partial charge in [0.1, 0.15) is 10.6 Å². The van der Waals surface area contributed by atoms with Gasteiger partial charge in [-0.2, -0.15) is 0 Å². The highest BCUT2D eigenvalue weighted by Gasteiger charge is 2.39. The fourth-order valence-corrected chi connectivity index (χ4v) is 3.91. The molecule has 3 nitrogen and oxygen atoms in total. The van der Waals surface area contributed by atoms with Crippen molar-refractivity contribution >= 4 is 11.3 Å². The second-order valence-corrected chi connectivity index (χ2v) is 5.78. The Labute approximate surface area is 107 Å². The van der Waals surface area contributed by atoms with E-state index in [0.29, 0.717) is 6.54 Å². The summed E-state index contributed by atoms with van der Waals surface area (Å²) in [7, 11) is 0. The van der Waals surface area contributed by atoms with Crippen molar-refractivity contribution in [3.8, 4) is 0 Å². The van der Waals surface area contributed by atoms with Crippen LogP contribution in [0.1, 0.15) is 48.2 Å². The number of hydrogen-bond donors (Lipinski definition) is 1. The molecule has 2 rings (SSSR count). The van der Waals surface area contributed by atoms with E-state index in [0.717, 1.165) is 31.6 Å². The molecule has 96 valence electrons. The van der Waals surface area contributed by atoms with Crippen LogP contribution in [0.4, 0.5) is 0 Å². The van der Waals surface area contributed by atoms with Crippen molar-refractivity contribution in [3.63, 3.8) is 0 Å². The Morgan fingerprint density at radius 2 is 2.12 bits per heavy atom. The van der Waals surface area contributed by atoms with Crippen LogP contribution < -0.4 is 5.73 Å². The normalized spacial score (nSPS) is 18.8. The van der Waals surface area contributed by atoms with Gasteiger partial charge in [-0.25, -0.2) is 4.98 Å². The van der Waals surface area contributed by atoms with E-state index in [1.165, 1.54) is 22.7 Å². The van der Waals surface area contributed by atoms with Crippen molar-refractivity contribution in [2.24, 2.45) is 5.73 Å². The zero-order chi connectivity index (χ0) is 12.3. The second-order valence-electron chi connectivity index (χ2n) is 4.70. The van der Waals surface area contributed by atoms with Crippen LogP contribution in [0.25, 0.3) is 0 Å². The first kappa shape index (κ1) is 13.0. The molecule has 0 spiro atoms. The van der Waals surface area contributed by atoms with Gasteiger partial charge < -0.3 is 10.5 Å². The van der Waals surface area contributed by atoms with Gasteiger partial charge in [-0.1, -0.05) is 12.8 Å². The van der Waals surface area contributed by atoms with Crippen LogP contribution in [0.3, 0.4) is 0 Å². The second kappa shape index (κ2) is 5.46. The van der Waals surface area contributed by atoms with E-state index in [1.54, 1.807) is 11.3 Å². The molecule has 1 fully saturated rings. The van der Waals surface area contributed by atoms with Gasteiger partial charge in [0.05, 0.1) is 5.69 Å². The molecule has 4 heteroatoms. The summed E-state index contributed by atoms with van der Waals surface area (Å²) in [6.45, 7) is 5.62. The summed E-state index contributed by atoms with van der Waals surface area (Å²) in [5.41, 5.74) is 6.69. The van der Waals surface area contributed by atoms with Crippen LogP contribution >= 0.6 is 11.3 Å². The predicted molar refractivity (Wildman–Crippen MR) is 71.4 cm³/mol. The minimum Gasteiger partial charge on any atom is -0.368 e. The van der Waals surface area contributed by atoms with Gasteiger partial charge in [0.15, 0.2) is 0 Å². The monoisotopic (exact) mass is 254 g/mol. The maximum Gasteiger partial charge on any atom is 0.125 e. The van der Waals surface area contributed by atoms with Crippen molar-refractivity contribution in [2.45, 2.75) is 51.6 Å². The molecule has 1 aliphatic carbocycles. The van der Waals surface area contributed by atoms with E-state index in [2.05, 4.69) is 13.8 Å². The molecular weight excluding hydrogens is 232 g/mol. The summed E-state index contributed by atoms with van der Waals surface area (Å²) < 4.78 is 6.04. The van der Waals surface area contributed by atoms with E-state index < -0.39 is 0 Å². The zero-order valence-electron chi connectivity index (χ0n) is 10.8. The van der Waals surface area contributed by atoms with Crippen LogP contribution in [0.2, 0.25) is 0 Å². The Balaban J connectivity index is 2.27. The fourth-order valence-electron chi connectivity index (χ4n) is 2.63. The molecule has 1 aromatic heterocycles. The average Bonchev–Trinajstić information content (AvgIpc) is 2.89. The first-order chi connectivity index (χ1) is 8.22. The number of rotatable bonds is 5. The van der Waals surface area contributed by atoms with Crippen LogP contribution in [0.15, 0.2) is 0 Å². The molecular formula is C13H22N2OS. The fraction of sp³-hybridized carbons (Fsp3) is 0.769. The SMILES string of the molecule is CCOC1(c2nc(C)c(CCN)s2)CCCC1. The molecule has 17 heavy (non-hydrogen) atoms. The van der Waals surface area contributed by atoms with Crippen molar-refractivity contribution in [3.05, 3.63) is 15.6 Å². The molecule has 0 saturated heterocycles. The summed E-state index contributed by atoms with van der Waals surface area (Å²) in [6, 6.07) is 0. The molecule has 1 aliphatic rings. The van der Waals surface area contributed by atoms with Crippen LogP contribution in [-0.4, -0.2) is 18.1 Å². The Kier molecular flexibility index (Phi) is 4.17. The molecule has 2 N–H and O–H groups in total. The average molecular weight is 254 g/mol. The molecule has 0 radical (unpaired) electrons. The first-order valence-corrected chi connectivity index (χ1v) is 7.34. The predicted octanol–water partition coefficient (Wildman–Crippen LogP) is 2.76. The third-order valence-electron chi connectivity index (χ3n) is 3.49. The maximum atomic E-state index is 6.04. The zero-order valence-corrected chi connectivity index (χ0v) is 11.6. The topological polar surface area (TPSA) is 48.1 Å².